The predicted octanol–water partition coefficient (Wildman–Crippen LogP) is 4.62. The topological polar surface area (TPSA) is 117 Å². The van der Waals surface area contributed by atoms with Crippen molar-refractivity contribution in [2.45, 2.75) is 44.6 Å². The first-order chi connectivity index (χ1) is 16.9. The maximum absolute atomic E-state index is 13.0. The highest BCUT2D eigenvalue weighted by atomic mass is 19.3. The SMILES string of the molecule is Cn1ccc(-c2ccc(-c3cnc(C(CCCCCC=O)C(=O)C(=N)/C=C\NC(F)F)[nH]3)cc2)n1. The zero-order valence-corrected chi connectivity index (χ0v) is 19.4. The number of hydrogen-bond donors (Lipinski definition) is 3. The minimum absolute atomic E-state index is 0.395. The van der Waals surface area contributed by atoms with Crippen LogP contribution in [0.2, 0.25) is 0 Å². The van der Waals surface area contributed by atoms with Crippen molar-refractivity contribution in [3.05, 3.63) is 60.8 Å². The standard InChI is InChI=1S/C25H28F2N6O2/c1-33-14-12-21(32-33)17-7-9-18(10-8-17)22-16-30-24(31-22)19(6-4-2-3-5-15-34)23(35)20(28)11-13-29-25(26)27/h7-16,19,25,28-29H,2-6H2,1H3,(H,30,31)/b13-11-,28-20?. The normalized spacial score (nSPS) is 12.2. The van der Waals surface area contributed by atoms with Crippen LogP contribution in [0.3, 0.4) is 0 Å². The molecule has 35 heavy (non-hydrogen) atoms. The molecule has 0 aliphatic rings. The third-order valence-corrected chi connectivity index (χ3v) is 5.50. The van der Waals surface area contributed by atoms with E-state index < -0.39 is 24.0 Å². The fourth-order valence-corrected chi connectivity index (χ4v) is 3.67. The molecule has 0 radical (unpaired) electrons. The molecule has 2 heterocycles. The Morgan fingerprint density at radius 2 is 1.91 bits per heavy atom. The highest BCUT2D eigenvalue weighted by Gasteiger charge is 2.26. The van der Waals surface area contributed by atoms with Crippen LogP contribution >= 0.6 is 0 Å². The summed E-state index contributed by atoms with van der Waals surface area (Å²) in [6.07, 6.45) is 9.27. The molecule has 3 N–H and O–H groups in total. The van der Waals surface area contributed by atoms with Gasteiger partial charge in [0.25, 0.3) is 0 Å². The van der Waals surface area contributed by atoms with Gasteiger partial charge in [-0.3, -0.25) is 14.9 Å². The lowest BCUT2D eigenvalue weighted by Crippen LogP contribution is -2.22. The molecular weight excluding hydrogens is 454 g/mol. The second-order valence-corrected chi connectivity index (χ2v) is 8.07. The number of ketones is 1. The van der Waals surface area contributed by atoms with Crippen LogP contribution in [-0.2, 0) is 16.6 Å². The highest BCUT2D eigenvalue weighted by Crippen LogP contribution is 2.27. The van der Waals surface area contributed by atoms with Gasteiger partial charge in [0.1, 0.15) is 12.1 Å². The summed E-state index contributed by atoms with van der Waals surface area (Å²) in [5, 5.41) is 14.2. The van der Waals surface area contributed by atoms with Crippen molar-refractivity contribution in [1.82, 2.24) is 25.1 Å². The van der Waals surface area contributed by atoms with Crippen LogP contribution in [0.15, 0.2) is 55.0 Å². The number of hydrogen-bond acceptors (Lipinski definition) is 6. The zero-order valence-electron chi connectivity index (χ0n) is 19.4. The van der Waals surface area contributed by atoms with Crippen molar-refractivity contribution in [2.75, 3.05) is 0 Å². The number of aromatic nitrogens is 4. The molecule has 1 unspecified atom stereocenters. The Balaban J connectivity index is 1.76. The van der Waals surface area contributed by atoms with Crippen molar-refractivity contribution in [3.8, 4) is 22.5 Å². The van der Waals surface area contributed by atoms with Gasteiger partial charge in [-0.25, -0.2) is 4.98 Å². The van der Waals surface area contributed by atoms with E-state index in [1.807, 2.05) is 43.6 Å². The number of imidazole rings is 1. The minimum atomic E-state index is -2.78. The molecule has 1 aromatic carbocycles. The molecule has 8 nitrogen and oxygen atoms in total. The van der Waals surface area contributed by atoms with E-state index in [2.05, 4.69) is 15.1 Å². The van der Waals surface area contributed by atoms with Crippen LogP contribution in [0.25, 0.3) is 22.5 Å². The Kier molecular flexibility index (Phi) is 9.16. The summed E-state index contributed by atoms with van der Waals surface area (Å²) in [4.78, 5) is 31.1. The summed E-state index contributed by atoms with van der Waals surface area (Å²) in [5.74, 6) is -0.829. The number of aromatic amines is 1. The van der Waals surface area contributed by atoms with E-state index in [0.717, 1.165) is 41.8 Å². The number of aldehydes is 1. The van der Waals surface area contributed by atoms with Crippen molar-refractivity contribution < 1.29 is 18.4 Å². The fourth-order valence-electron chi connectivity index (χ4n) is 3.67. The van der Waals surface area contributed by atoms with Crippen LogP contribution in [0.4, 0.5) is 8.78 Å². The van der Waals surface area contributed by atoms with Crippen molar-refractivity contribution >= 4 is 17.8 Å². The average molecular weight is 483 g/mol. The number of H-pyrrole nitrogens is 1. The zero-order chi connectivity index (χ0) is 25.2. The maximum atomic E-state index is 13.0. The number of nitrogens with zero attached hydrogens (tertiary/aromatic N) is 3. The third-order valence-electron chi connectivity index (χ3n) is 5.50. The Labute approximate surface area is 202 Å². The molecule has 2 aromatic heterocycles. The second kappa shape index (κ2) is 12.5. The van der Waals surface area contributed by atoms with E-state index >= 15 is 0 Å². The number of Topliss-reactive ketones (excluding diaryl/α,β-unsaturated/α-hetero) is 1. The molecule has 3 rings (SSSR count). The predicted molar refractivity (Wildman–Crippen MR) is 129 cm³/mol. The molecule has 0 aliphatic carbocycles. The molecule has 0 fully saturated rings. The number of halogens is 2. The van der Waals surface area contributed by atoms with E-state index in [9.17, 15) is 18.4 Å². The summed E-state index contributed by atoms with van der Waals surface area (Å²) in [6, 6.07) is 9.68. The lowest BCUT2D eigenvalue weighted by Gasteiger charge is -2.13. The molecule has 0 aliphatic heterocycles. The molecular formula is C25H28F2N6O2. The number of carbonyl (C=O) groups excluding carboxylic acids is 2. The van der Waals surface area contributed by atoms with Crippen LogP contribution in [0.5, 0.6) is 0 Å². The van der Waals surface area contributed by atoms with Crippen LogP contribution in [0, 0.1) is 5.41 Å². The van der Waals surface area contributed by atoms with Gasteiger partial charge in [0.2, 0.25) is 0 Å². The first-order valence-corrected chi connectivity index (χ1v) is 11.3. The van der Waals surface area contributed by atoms with Gasteiger partial charge in [-0.2, -0.15) is 13.9 Å². The number of nitrogens with one attached hydrogen (secondary N) is 3. The molecule has 3 aromatic rings. The molecule has 0 spiro atoms. The van der Waals surface area contributed by atoms with Crippen molar-refractivity contribution in [3.63, 3.8) is 0 Å². The fraction of sp³-hybridized carbons (Fsp3) is 0.320. The van der Waals surface area contributed by atoms with E-state index in [0.29, 0.717) is 37.2 Å². The number of benzene rings is 1. The van der Waals surface area contributed by atoms with E-state index in [-0.39, 0.29) is 0 Å². The summed E-state index contributed by atoms with van der Waals surface area (Å²) in [5.41, 5.74) is 3.02. The number of aryl methyl sites for hydroxylation is 1. The smallest absolute Gasteiger partial charge is 0.312 e. The van der Waals surface area contributed by atoms with Gasteiger partial charge < -0.3 is 15.1 Å². The quantitative estimate of drug-likeness (QED) is 0.134. The molecule has 1 atom stereocenters. The number of carbonyl (C=O) groups is 2. The van der Waals surface area contributed by atoms with E-state index in [1.165, 1.54) is 0 Å². The van der Waals surface area contributed by atoms with Gasteiger partial charge in [0.05, 0.1) is 29.2 Å². The summed E-state index contributed by atoms with van der Waals surface area (Å²) >= 11 is 0. The second-order valence-electron chi connectivity index (χ2n) is 8.07. The summed E-state index contributed by atoms with van der Waals surface area (Å²) in [7, 11) is 1.86. The minimum Gasteiger partial charge on any atom is -0.341 e. The Morgan fingerprint density at radius 3 is 2.57 bits per heavy atom. The molecule has 0 saturated carbocycles. The Bertz CT molecular complexity index is 1170. The van der Waals surface area contributed by atoms with Gasteiger partial charge in [-0.1, -0.05) is 37.1 Å². The number of unbranched alkanes of at least 4 members (excludes halogenated alkanes) is 3. The van der Waals surface area contributed by atoms with Gasteiger partial charge in [-0.15, -0.1) is 0 Å². The highest BCUT2D eigenvalue weighted by molar-refractivity contribution is 6.44. The van der Waals surface area contributed by atoms with Gasteiger partial charge in [0.15, 0.2) is 5.78 Å². The first kappa shape index (κ1) is 25.7. The first-order valence-electron chi connectivity index (χ1n) is 11.3. The Morgan fingerprint density at radius 1 is 1.17 bits per heavy atom. The van der Waals surface area contributed by atoms with Crippen molar-refractivity contribution in [2.24, 2.45) is 7.05 Å². The van der Waals surface area contributed by atoms with Gasteiger partial charge in [0, 0.05) is 31.4 Å². The Hall–Kier alpha value is -3.95. The largest absolute Gasteiger partial charge is 0.341 e. The van der Waals surface area contributed by atoms with Gasteiger partial charge in [-0.05, 0) is 30.5 Å². The third kappa shape index (κ3) is 7.26. The summed E-state index contributed by atoms with van der Waals surface area (Å²) in [6.45, 7) is -2.78. The number of allylic oxidation sites excluding steroid dienone is 1. The average Bonchev–Trinajstić information content (AvgIpc) is 3.50. The monoisotopic (exact) mass is 482 g/mol. The number of rotatable bonds is 14. The molecule has 10 heteroatoms. The van der Waals surface area contributed by atoms with Crippen LogP contribution in [-0.4, -0.2) is 44.1 Å². The maximum Gasteiger partial charge on any atom is 0.312 e. The van der Waals surface area contributed by atoms with E-state index in [1.54, 1.807) is 16.2 Å². The number of alkyl halides is 2. The van der Waals surface area contributed by atoms with E-state index in [4.69, 9.17) is 5.41 Å². The van der Waals surface area contributed by atoms with Gasteiger partial charge >= 0.3 is 6.55 Å². The lowest BCUT2D eigenvalue weighted by atomic mass is 9.93. The van der Waals surface area contributed by atoms with Crippen LogP contribution in [0.1, 0.15) is 43.8 Å². The van der Waals surface area contributed by atoms with Crippen molar-refractivity contribution in [1.29, 1.82) is 5.41 Å². The molecule has 0 bridgehead atoms. The summed E-state index contributed by atoms with van der Waals surface area (Å²) < 4.78 is 26.3. The molecule has 0 saturated heterocycles. The van der Waals surface area contributed by atoms with Crippen LogP contribution < -0.4 is 5.32 Å². The molecule has 0 amide bonds. The molecule has 184 valence electrons. The lowest BCUT2D eigenvalue weighted by molar-refractivity contribution is -0.114.